The summed E-state index contributed by atoms with van der Waals surface area (Å²) in [4.78, 5) is 0. The lowest BCUT2D eigenvalue weighted by Crippen LogP contribution is -2.14. The summed E-state index contributed by atoms with van der Waals surface area (Å²) in [6.45, 7) is 2.27. The molecule has 0 aliphatic carbocycles. The number of benzene rings is 2. The van der Waals surface area contributed by atoms with Crippen LogP contribution in [0.2, 0.25) is 0 Å². The number of aromatic hydroxyl groups is 1. The fraction of sp³-hybridized carbons (Fsp3) is 0.250. The van der Waals surface area contributed by atoms with Gasteiger partial charge in [0.15, 0.2) is 11.5 Å². The van der Waals surface area contributed by atoms with Crippen LogP contribution in [0.25, 0.3) is 0 Å². The fourth-order valence-corrected chi connectivity index (χ4v) is 2.26. The quantitative estimate of drug-likeness (QED) is 0.742. The molecule has 3 N–H and O–H groups in total. The zero-order chi connectivity index (χ0) is 15.2. The summed E-state index contributed by atoms with van der Waals surface area (Å²) in [5.41, 5.74) is 1.75. The van der Waals surface area contributed by atoms with Crippen LogP contribution in [0.1, 0.15) is 18.5 Å². The molecule has 0 heterocycles. The monoisotopic (exact) mass is 351 g/mol. The average Bonchev–Trinajstić information content (AvgIpc) is 2.49. The SMILES string of the molecule is CCOc1cc(C(CO)Nc2ccc(Br)cc2)ccc1O. The number of phenolic OH excluding ortho intramolecular Hbond substituents is 1. The maximum Gasteiger partial charge on any atom is 0.161 e. The lowest BCUT2D eigenvalue weighted by Gasteiger charge is -2.19. The van der Waals surface area contributed by atoms with Crippen molar-refractivity contribution in [2.45, 2.75) is 13.0 Å². The van der Waals surface area contributed by atoms with Crippen LogP contribution in [0.15, 0.2) is 46.9 Å². The molecule has 2 aromatic rings. The van der Waals surface area contributed by atoms with Gasteiger partial charge in [-0.3, -0.25) is 0 Å². The van der Waals surface area contributed by atoms with Gasteiger partial charge >= 0.3 is 0 Å². The third-order valence-corrected chi connectivity index (χ3v) is 3.58. The van der Waals surface area contributed by atoms with E-state index in [-0.39, 0.29) is 18.4 Å². The van der Waals surface area contributed by atoms with E-state index in [1.807, 2.05) is 31.2 Å². The van der Waals surface area contributed by atoms with Gasteiger partial charge in [0.1, 0.15) is 0 Å². The maximum atomic E-state index is 9.73. The van der Waals surface area contributed by atoms with Crippen molar-refractivity contribution in [3.63, 3.8) is 0 Å². The predicted molar refractivity (Wildman–Crippen MR) is 86.9 cm³/mol. The van der Waals surface area contributed by atoms with Gasteiger partial charge in [-0.25, -0.2) is 0 Å². The molecule has 0 amide bonds. The number of ether oxygens (including phenoxy) is 1. The normalized spacial score (nSPS) is 12.0. The molecule has 0 aliphatic heterocycles. The minimum Gasteiger partial charge on any atom is -0.504 e. The summed E-state index contributed by atoms with van der Waals surface area (Å²) in [5, 5.41) is 22.6. The molecule has 0 aromatic heterocycles. The van der Waals surface area contributed by atoms with Crippen molar-refractivity contribution in [2.75, 3.05) is 18.5 Å². The van der Waals surface area contributed by atoms with Crippen molar-refractivity contribution in [3.05, 3.63) is 52.5 Å². The summed E-state index contributed by atoms with van der Waals surface area (Å²) in [5.74, 6) is 0.520. The molecule has 2 aromatic carbocycles. The van der Waals surface area contributed by atoms with Crippen molar-refractivity contribution in [2.24, 2.45) is 0 Å². The van der Waals surface area contributed by atoms with Gasteiger partial charge in [0, 0.05) is 10.2 Å². The van der Waals surface area contributed by atoms with E-state index in [0.717, 1.165) is 15.7 Å². The van der Waals surface area contributed by atoms with Crippen molar-refractivity contribution in [3.8, 4) is 11.5 Å². The highest BCUT2D eigenvalue weighted by Crippen LogP contribution is 2.30. The highest BCUT2D eigenvalue weighted by atomic mass is 79.9. The molecule has 4 nitrogen and oxygen atoms in total. The minimum atomic E-state index is -0.272. The number of rotatable bonds is 6. The summed E-state index contributed by atoms with van der Waals surface area (Å²) in [6.07, 6.45) is 0. The van der Waals surface area contributed by atoms with Crippen molar-refractivity contribution < 1.29 is 14.9 Å². The molecule has 112 valence electrons. The number of anilines is 1. The van der Waals surface area contributed by atoms with E-state index in [0.29, 0.717) is 12.4 Å². The Morgan fingerprint density at radius 2 is 1.90 bits per heavy atom. The molecule has 0 radical (unpaired) electrons. The van der Waals surface area contributed by atoms with Gasteiger partial charge < -0.3 is 20.3 Å². The van der Waals surface area contributed by atoms with Crippen LogP contribution in [0.4, 0.5) is 5.69 Å². The first-order valence-electron chi connectivity index (χ1n) is 6.72. The lowest BCUT2D eigenvalue weighted by atomic mass is 10.1. The number of phenols is 1. The molecule has 0 spiro atoms. The zero-order valence-electron chi connectivity index (χ0n) is 11.7. The largest absolute Gasteiger partial charge is 0.504 e. The molecule has 21 heavy (non-hydrogen) atoms. The van der Waals surface area contributed by atoms with Crippen LogP contribution in [-0.2, 0) is 0 Å². The van der Waals surface area contributed by atoms with Crippen LogP contribution in [0.3, 0.4) is 0 Å². The third-order valence-electron chi connectivity index (χ3n) is 3.05. The molecular weight excluding hydrogens is 334 g/mol. The maximum absolute atomic E-state index is 9.73. The Hall–Kier alpha value is -1.72. The first-order valence-corrected chi connectivity index (χ1v) is 7.52. The van der Waals surface area contributed by atoms with E-state index in [1.54, 1.807) is 18.2 Å². The Labute approximate surface area is 132 Å². The van der Waals surface area contributed by atoms with Gasteiger partial charge in [0.25, 0.3) is 0 Å². The standard InChI is InChI=1S/C16H18BrNO3/c1-2-21-16-9-11(3-8-15(16)20)14(10-19)18-13-6-4-12(17)5-7-13/h3-9,14,18-20H,2,10H2,1H3. The Kier molecular flexibility index (Phi) is 5.47. The van der Waals surface area contributed by atoms with E-state index < -0.39 is 0 Å². The predicted octanol–water partition coefficient (Wildman–Crippen LogP) is 3.70. The van der Waals surface area contributed by atoms with Crippen molar-refractivity contribution in [1.29, 1.82) is 0 Å². The number of aliphatic hydroxyl groups is 1. The molecule has 0 aliphatic rings. The number of hydrogen-bond donors (Lipinski definition) is 3. The molecule has 1 atom stereocenters. The van der Waals surface area contributed by atoms with Crippen molar-refractivity contribution in [1.82, 2.24) is 0 Å². The Bertz CT molecular complexity index is 587. The van der Waals surface area contributed by atoms with Gasteiger partial charge in [0.05, 0.1) is 19.3 Å². The summed E-state index contributed by atoms with van der Waals surface area (Å²) >= 11 is 3.39. The van der Waals surface area contributed by atoms with E-state index in [2.05, 4.69) is 21.2 Å². The molecular formula is C16H18BrNO3. The first-order chi connectivity index (χ1) is 10.1. The molecule has 1 unspecified atom stereocenters. The summed E-state index contributed by atoms with van der Waals surface area (Å²) < 4.78 is 6.37. The number of halogens is 1. The van der Waals surface area contributed by atoms with E-state index in [9.17, 15) is 10.2 Å². The highest BCUT2D eigenvalue weighted by Gasteiger charge is 2.13. The number of nitrogens with one attached hydrogen (secondary N) is 1. The number of aliphatic hydroxyl groups excluding tert-OH is 1. The number of hydrogen-bond acceptors (Lipinski definition) is 4. The summed E-state index contributed by atoms with van der Waals surface area (Å²) in [7, 11) is 0. The van der Waals surface area contributed by atoms with E-state index >= 15 is 0 Å². The zero-order valence-corrected chi connectivity index (χ0v) is 13.3. The summed E-state index contributed by atoms with van der Waals surface area (Å²) in [6, 6.07) is 12.5. The van der Waals surface area contributed by atoms with Crippen LogP contribution >= 0.6 is 15.9 Å². The molecule has 0 fully saturated rings. The first kappa shape index (κ1) is 15.7. The van der Waals surface area contributed by atoms with Gasteiger partial charge in [-0.2, -0.15) is 0 Å². The van der Waals surface area contributed by atoms with Gasteiger partial charge in [-0.1, -0.05) is 22.0 Å². The van der Waals surface area contributed by atoms with Crippen LogP contribution < -0.4 is 10.1 Å². The third kappa shape index (κ3) is 4.12. The van der Waals surface area contributed by atoms with Gasteiger partial charge in [-0.15, -0.1) is 0 Å². The molecule has 5 heteroatoms. The topological polar surface area (TPSA) is 61.7 Å². The van der Waals surface area contributed by atoms with Gasteiger partial charge in [0.2, 0.25) is 0 Å². The van der Waals surface area contributed by atoms with Crippen LogP contribution in [-0.4, -0.2) is 23.4 Å². The lowest BCUT2D eigenvalue weighted by molar-refractivity contribution is 0.275. The Morgan fingerprint density at radius 1 is 1.19 bits per heavy atom. The molecule has 0 saturated carbocycles. The second-order valence-corrected chi connectivity index (χ2v) is 5.46. The second kappa shape index (κ2) is 7.33. The second-order valence-electron chi connectivity index (χ2n) is 4.55. The van der Waals surface area contributed by atoms with Crippen LogP contribution in [0.5, 0.6) is 11.5 Å². The molecule has 2 rings (SSSR count). The van der Waals surface area contributed by atoms with E-state index in [1.165, 1.54) is 0 Å². The average molecular weight is 352 g/mol. The molecule has 0 bridgehead atoms. The smallest absolute Gasteiger partial charge is 0.161 e. The minimum absolute atomic E-state index is 0.0631. The van der Waals surface area contributed by atoms with Crippen LogP contribution in [0, 0.1) is 0 Å². The Morgan fingerprint density at radius 3 is 2.52 bits per heavy atom. The fourth-order valence-electron chi connectivity index (χ4n) is 2.00. The van der Waals surface area contributed by atoms with Crippen molar-refractivity contribution >= 4 is 21.6 Å². The molecule has 0 saturated heterocycles. The Balaban J connectivity index is 2.20. The van der Waals surface area contributed by atoms with Gasteiger partial charge in [-0.05, 0) is 48.9 Å². The highest BCUT2D eigenvalue weighted by molar-refractivity contribution is 9.10. The van der Waals surface area contributed by atoms with E-state index in [4.69, 9.17) is 4.74 Å².